The molecule has 1 aliphatic rings. The SMILES string of the molecule is CC(Nc1ccc(C(=O)O)c([N+](=O)[O-])c1)C1CCC1. The van der Waals surface area contributed by atoms with Crippen molar-refractivity contribution in [3.05, 3.63) is 33.9 Å². The van der Waals surface area contributed by atoms with Crippen LogP contribution >= 0.6 is 0 Å². The summed E-state index contributed by atoms with van der Waals surface area (Å²) in [5.74, 6) is -0.691. The van der Waals surface area contributed by atoms with E-state index in [4.69, 9.17) is 5.11 Å². The van der Waals surface area contributed by atoms with Crippen LogP contribution in [0.25, 0.3) is 0 Å². The molecule has 6 nitrogen and oxygen atoms in total. The van der Waals surface area contributed by atoms with Gasteiger partial charge in [0.15, 0.2) is 0 Å². The minimum atomic E-state index is -1.29. The summed E-state index contributed by atoms with van der Waals surface area (Å²) >= 11 is 0. The lowest BCUT2D eigenvalue weighted by atomic mass is 9.80. The number of nitrogens with one attached hydrogen (secondary N) is 1. The number of rotatable bonds is 5. The molecule has 1 unspecified atom stereocenters. The van der Waals surface area contributed by atoms with Crippen LogP contribution in [-0.4, -0.2) is 22.0 Å². The summed E-state index contributed by atoms with van der Waals surface area (Å²) in [4.78, 5) is 21.1. The molecular weight excluding hydrogens is 248 g/mol. The highest BCUT2D eigenvalue weighted by atomic mass is 16.6. The predicted molar refractivity (Wildman–Crippen MR) is 70.5 cm³/mol. The maximum absolute atomic E-state index is 10.9. The lowest BCUT2D eigenvalue weighted by molar-refractivity contribution is -0.385. The van der Waals surface area contributed by atoms with Crippen molar-refractivity contribution in [3.63, 3.8) is 0 Å². The molecule has 0 heterocycles. The van der Waals surface area contributed by atoms with Crippen LogP contribution in [0.5, 0.6) is 0 Å². The molecule has 19 heavy (non-hydrogen) atoms. The van der Waals surface area contributed by atoms with E-state index in [9.17, 15) is 14.9 Å². The molecule has 1 atom stereocenters. The average Bonchev–Trinajstić information content (AvgIpc) is 2.25. The number of hydrogen-bond donors (Lipinski definition) is 2. The van der Waals surface area contributed by atoms with Gasteiger partial charge in [-0.1, -0.05) is 6.42 Å². The van der Waals surface area contributed by atoms with E-state index in [1.807, 2.05) is 6.92 Å². The Balaban J connectivity index is 2.20. The Morgan fingerprint density at radius 2 is 2.21 bits per heavy atom. The molecule has 1 aromatic rings. The van der Waals surface area contributed by atoms with E-state index in [1.54, 1.807) is 6.07 Å². The van der Waals surface area contributed by atoms with Gasteiger partial charge in [-0.15, -0.1) is 0 Å². The van der Waals surface area contributed by atoms with Gasteiger partial charge >= 0.3 is 5.97 Å². The molecule has 1 aliphatic carbocycles. The van der Waals surface area contributed by atoms with Crippen molar-refractivity contribution in [2.45, 2.75) is 32.2 Å². The fourth-order valence-corrected chi connectivity index (χ4v) is 2.27. The van der Waals surface area contributed by atoms with Crippen molar-refractivity contribution in [1.82, 2.24) is 0 Å². The molecule has 1 saturated carbocycles. The van der Waals surface area contributed by atoms with E-state index in [0.29, 0.717) is 11.6 Å². The van der Waals surface area contributed by atoms with E-state index in [1.165, 1.54) is 31.4 Å². The molecule has 102 valence electrons. The summed E-state index contributed by atoms with van der Waals surface area (Å²) in [7, 11) is 0. The zero-order valence-electron chi connectivity index (χ0n) is 10.6. The zero-order valence-corrected chi connectivity index (χ0v) is 10.6. The number of hydrogen-bond acceptors (Lipinski definition) is 4. The second-order valence-corrected chi connectivity index (χ2v) is 4.92. The summed E-state index contributed by atoms with van der Waals surface area (Å²) < 4.78 is 0. The van der Waals surface area contributed by atoms with Crippen LogP contribution in [0.2, 0.25) is 0 Å². The number of aromatic carboxylic acids is 1. The van der Waals surface area contributed by atoms with Gasteiger partial charge in [-0.05, 0) is 37.8 Å². The Morgan fingerprint density at radius 1 is 1.53 bits per heavy atom. The third-order valence-electron chi connectivity index (χ3n) is 3.68. The molecule has 0 amide bonds. The van der Waals surface area contributed by atoms with Crippen LogP contribution in [0.3, 0.4) is 0 Å². The fourth-order valence-electron chi connectivity index (χ4n) is 2.27. The number of benzene rings is 1. The second-order valence-electron chi connectivity index (χ2n) is 4.92. The average molecular weight is 264 g/mol. The van der Waals surface area contributed by atoms with Crippen molar-refractivity contribution in [1.29, 1.82) is 0 Å². The van der Waals surface area contributed by atoms with E-state index < -0.39 is 10.9 Å². The van der Waals surface area contributed by atoms with Gasteiger partial charge in [-0.2, -0.15) is 0 Å². The molecule has 2 N–H and O–H groups in total. The van der Waals surface area contributed by atoms with Gasteiger partial charge in [0, 0.05) is 17.8 Å². The molecule has 0 saturated heterocycles. The molecular formula is C13H16N2O4. The van der Waals surface area contributed by atoms with Crippen LogP contribution in [-0.2, 0) is 0 Å². The molecule has 1 aromatic carbocycles. The number of carboxylic acids is 1. The molecule has 0 aromatic heterocycles. The highest BCUT2D eigenvalue weighted by Crippen LogP contribution is 2.32. The minimum absolute atomic E-state index is 0.240. The molecule has 2 rings (SSSR count). The molecule has 0 radical (unpaired) electrons. The number of nitrogens with zero attached hydrogens (tertiary/aromatic N) is 1. The molecule has 0 spiro atoms. The highest BCUT2D eigenvalue weighted by molar-refractivity contribution is 5.93. The Morgan fingerprint density at radius 3 is 2.68 bits per heavy atom. The zero-order chi connectivity index (χ0) is 14.0. The lowest BCUT2D eigenvalue weighted by Crippen LogP contribution is -2.30. The van der Waals surface area contributed by atoms with Crippen molar-refractivity contribution >= 4 is 17.3 Å². The van der Waals surface area contributed by atoms with Gasteiger partial charge in [0.05, 0.1) is 4.92 Å². The van der Waals surface area contributed by atoms with Gasteiger partial charge < -0.3 is 10.4 Å². The second kappa shape index (κ2) is 5.26. The Hall–Kier alpha value is -2.11. The van der Waals surface area contributed by atoms with Crippen molar-refractivity contribution in [3.8, 4) is 0 Å². The Bertz CT molecular complexity index is 511. The summed E-state index contributed by atoms with van der Waals surface area (Å²) in [6, 6.07) is 4.38. The highest BCUT2D eigenvalue weighted by Gasteiger charge is 2.25. The fraction of sp³-hybridized carbons (Fsp3) is 0.462. The number of nitro groups is 1. The first-order chi connectivity index (χ1) is 8.99. The van der Waals surface area contributed by atoms with E-state index in [2.05, 4.69) is 5.32 Å². The number of anilines is 1. The standard InChI is InChI=1S/C13H16N2O4/c1-8(9-3-2-4-9)14-10-5-6-11(13(16)17)12(7-10)15(18)19/h5-9,14H,2-4H2,1H3,(H,16,17). The molecule has 6 heteroatoms. The Kier molecular flexibility index (Phi) is 3.69. The van der Waals surface area contributed by atoms with Crippen LogP contribution in [0.1, 0.15) is 36.5 Å². The third-order valence-corrected chi connectivity index (χ3v) is 3.68. The van der Waals surface area contributed by atoms with Gasteiger partial charge in [0.2, 0.25) is 0 Å². The number of carboxylic acid groups (broad SMARTS) is 1. The normalized spacial score (nSPS) is 16.5. The minimum Gasteiger partial charge on any atom is -0.477 e. The van der Waals surface area contributed by atoms with Crippen molar-refractivity contribution in [2.24, 2.45) is 5.92 Å². The maximum atomic E-state index is 10.9. The van der Waals surface area contributed by atoms with Gasteiger partial charge in [-0.25, -0.2) is 4.79 Å². The number of carbonyl (C=O) groups is 1. The summed E-state index contributed by atoms with van der Waals surface area (Å²) in [5.41, 5.74) is -0.0683. The molecule has 0 aliphatic heterocycles. The predicted octanol–water partition coefficient (Wildman–Crippen LogP) is 2.89. The number of nitro benzene ring substituents is 1. The van der Waals surface area contributed by atoms with Crippen molar-refractivity contribution in [2.75, 3.05) is 5.32 Å². The first-order valence-electron chi connectivity index (χ1n) is 6.27. The van der Waals surface area contributed by atoms with E-state index in [-0.39, 0.29) is 17.3 Å². The van der Waals surface area contributed by atoms with Crippen LogP contribution < -0.4 is 5.32 Å². The van der Waals surface area contributed by atoms with Gasteiger partial charge in [0.25, 0.3) is 5.69 Å². The van der Waals surface area contributed by atoms with Gasteiger partial charge in [0.1, 0.15) is 5.56 Å². The summed E-state index contributed by atoms with van der Waals surface area (Å²) in [5, 5.41) is 23.0. The largest absolute Gasteiger partial charge is 0.477 e. The summed E-state index contributed by atoms with van der Waals surface area (Å²) in [6.07, 6.45) is 3.57. The van der Waals surface area contributed by atoms with Crippen molar-refractivity contribution < 1.29 is 14.8 Å². The van der Waals surface area contributed by atoms with E-state index in [0.717, 1.165) is 0 Å². The monoisotopic (exact) mass is 264 g/mol. The van der Waals surface area contributed by atoms with Gasteiger partial charge in [-0.3, -0.25) is 10.1 Å². The third kappa shape index (κ3) is 2.83. The first kappa shape index (κ1) is 13.3. The lowest BCUT2D eigenvalue weighted by Gasteiger charge is -2.32. The van der Waals surface area contributed by atoms with Crippen LogP contribution in [0.15, 0.2) is 18.2 Å². The smallest absolute Gasteiger partial charge is 0.342 e. The topological polar surface area (TPSA) is 92.5 Å². The Labute approximate surface area is 110 Å². The first-order valence-corrected chi connectivity index (χ1v) is 6.27. The molecule has 0 bridgehead atoms. The molecule has 1 fully saturated rings. The van der Waals surface area contributed by atoms with Crippen LogP contribution in [0, 0.1) is 16.0 Å². The van der Waals surface area contributed by atoms with E-state index >= 15 is 0 Å². The maximum Gasteiger partial charge on any atom is 0.342 e. The summed E-state index contributed by atoms with van der Waals surface area (Å²) in [6.45, 7) is 2.04. The quantitative estimate of drug-likeness (QED) is 0.630. The van der Waals surface area contributed by atoms with Crippen LogP contribution in [0.4, 0.5) is 11.4 Å².